The molecule has 1 atom stereocenters. The van der Waals surface area contributed by atoms with E-state index < -0.39 is 12.1 Å². The largest absolute Gasteiger partial charge is 0.493 e. The molecule has 0 aromatic heterocycles. The second kappa shape index (κ2) is 8.33. The van der Waals surface area contributed by atoms with Crippen molar-refractivity contribution in [2.45, 2.75) is 13.0 Å². The first kappa shape index (κ1) is 18.4. The number of carbonyl (C=O) groups is 1. The fraction of sp³-hybridized carbons (Fsp3) is 0.227. The number of benzene rings is 2. The van der Waals surface area contributed by atoms with Crippen LogP contribution in [0.3, 0.4) is 0 Å². The highest BCUT2D eigenvalue weighted by molar-refractivity contribution is 5.94. The second-order valence-corrected chi connectivity index (χ2v) is 5.77. The van der Waals surface area contributed by atoms with E-state index in [4.69, 9.17) is 14.2 Å². The summed E-state index contributed by atoms with van der Waals surface area (Å²) in [6.45, 7) is 2.09. The quantitative estimate of drug-likeness (QED) is 0.770. The second-order valence-electron chi connectivity index (χ2n) is 5.77. The van der Waals surface area contributed by atoms with E-state index in [0.717, 1.165) is 16.8 Å². The van der Waals surface area contributed by atoms with E-state index in [1.807, 2.05) is 42.5 Å². The Morgan fingerprint density at radius 1 is 1.11 bits per heavy atom. The first-order valence-electron chi connectivity index (χ1n) is 8.64. The van der Waals surface area contributed by atoms with Crippen LogP contribution < -0.4 is 14.4 Å². The van der Waals surface area contributed by atoms with Crippen LogP contribution in [0.2, 0.25) is 0 Å². The van der Waals surface area contributed by atoms with Crippen molar-refractivity contribution in [1.29, 1.82) is 0 Å². The van der Waals surface area contributed by atoms with Gasteiger partial charge in [0.1, 0.15) is 6.04 Å². The van der Waals surface area contributed by atoms with Crippen molar-refractivity contribution in [2.24, 2.45) is 0 Å². The summed E-state index contributed by atoms with van der Waals surface area (Å²) in [5, 5.41) is 0. The van der Waals surface area contributed by atoms with Crippen LogP contribution >= 0.6 is 0 Å². The molecular weight excluding hydrogens is 342 g/mol. The molecule has 2 aromatic carbocycles. The van der Waals surface area contributed by atoms with Gasteiger partial charge in [0.25, 0.3) is 0 Å². The van der Waals surface area contributed by atoms with Crippen LogP contribution in [0.25, 0.3) is 6.08 Å². The summed E-state index contributed by atoms with van der Waals surface area (Å²) in [6.07, 6.45) is 3.45. The van der Waals surface area contributed by atoms with E-state index >= 15 is 0 Å². The number of anilines is 1. The summed E-state index contributed by atoms with van der Waals surface area (Å²) in [7, 11) is 3.17. The molecule has 1 heterocycles. The van der Waals surface area contributed by atoms with E-state index in [1.165, 1.54) is 0 Å². The van der Waals surface area contributed by atoms with Gasteiger partial charge in [-0.3, -0.25) is 4.90 Å². The number of ether oxygens (including phenoxy) is 3. The van der Waals surface area contributed by atoms with Gasteiger partial charge in [-0.05, 0) is 42.8 Å². The van der Waals surface area contributed by atoms with Gasteiger partial charge < -0.3 is 14.2 Å². The van der Waals surface area contributed by atoms with Gasteiger partial charge in [-0.2, -0.15) is 0 Å². The van der Waals surface area contributed by atoms with Crippen LogP contribution in [0, 0.1) is 11.8 Å². The summed E-state index contributed by atoms with van der Waals surface area (Å²) in [5.74, 6) is 7.51. The molecule has 5 heteroatoms. The topological polar surface area (TPSA) is 48.0 Å². The summed E-state index contributed by atoms with van der Waals surface area (Å²) >= 11 is 0. The highest BCUT2D eigenvalue weighted by Crippen LogP contribution is 2.30. The number of hydrogen-bond acceptors (Lipinski definition) is 4. The van der Waals surface area contributed by atoms with Crippen LogP contribution in [-0.2, 0) is 4.74 Å². The van der Waals surface area contributed by atoms with Crippen molar-refractivity contribution in [3.8, 4) is 23.3 Å². The lowest BCUT2D eigenvalue weighted by molar-refractivity contribution is 0.159. The fourth-order valence-electron chi connectivity index (χ4n) is 2.87. The average Bonchev–Trinajstić information content (AvgIpc) is 2.71. The standard InChI is InChI=1S/C22H21NO4/c1-4-27-22(24)23-18(13-11-17-7-5-6-8-19(17)23)12-9-16-10-14-20(25-2)21(15-16)26-3/h5-8,10-11,13-15,18H,4H2,1-3H3/t18-/m1/s1. The molecule has 2 aromatic rings. The number of methoxy groups -OCH3 is 2. The SMILES string of the molecule is CCOC(=O)N1c2ccccc2C=C[C@H]1C#Cc1ccc(OC)c(OC)c1. The molecule has 0 spiro atoms. The Kier molecular flexibility index (Phi) is 5.68. The Bertz CT molecular complexity index is 923. The van der Waals surface area contributed by atoms with Crippen molar-refractivity contribution in [1.82, 2.24) is 0 Å². The highest BCUT2D eigenvalue weighted by atomic mass is 16.6. The Morgan fingerprint density at radius 3 is 2.63 bits per heavy atom. The van der Waals surface area contributed by atoms with Crippen LogP contribution in [0.4, 0.5) is 10.5 Å². The zero-order chi connectivity index (χ0) is 19.2. The van der Waals surface area contributed by atoms with Crippen molar-refractivity contribution in [3.05, 3.63) is 59.7 Å². The minimum Gasteiger partial charge on any atom is -0.493 e. The maximum absolute atomic E-state index is 12.5. The normalized spacial score (nSPS) is 14.6. The number of fused-ring (bicyclic) bond motifs is 1. The number of para-hydroxylation sites is 1. The van der Waals surface area contributed by atoms with Gasteiger partial charge in [-0.1, -0.05) is 36.1 Å². The maximum atomic E-state index is 12.5. The molecule has 5 nitrogen and oxygen atoms in total. The molecule has 0 bridgehead atoms. The third-order valence-corrected chi connectivity index (χ3v) is 4.14. The third kappa shape index (κ3) is 3.90. The third-order valence-electron chi connectivity index (χ3n) is 4.14. The zero-order valence-corrected chi connectivity index (χ0v) is 15.6. The number of rotatable bonds is 3. The van der Waals surface area contributed by atoms with E-state index in [-0.39, 0.29) is 0 Å². The number of nitrogens with zero attached hydrogens (tertiary/aromatic N) is 1. The Labute approximate surface area is 159 Å². The fourth-order valence-corrected chi connectivity index (χ4v) is 2.87. The number of hydrogen-bond donors (Lipinski definition) is 0. The first-order valence-corrected chi connectivity index (χ1v) is 8.64. The van der Waals surface area contributed by atoms with Crippen LogP contribution in [0.5, 0.6) is 11.5 Å². The summed E-state index contributed by atoms with van der Waals surface area (Å²) in [4.78, 5) is 14.1. The lowest BCUT2D eigenvalue weighted by atomic mass is 10.0. The molecule has 1 aliphatic heterocycles. The molecule has 0 radical (unpaired) electrons. The Morgan fingerprint density at radius 2 is 1.89 bits per heavy atom. The minimum absolute atomic E-state index is 0.303. The highest BCUT2D eigenvalue weighted by Gasteiger charge is 2.27. The van der Waals surface area contributed by atoms with Gasteiger partial charge >= 0.3 is 6.09 Å². The average molecular weight is 363 g/mol. The smallest absolute Gasteiger partial charge is 0.415 e. The first-order chi connectivity index (χ1) is 13.2. The monoisotopic (exact) mass is 363 g/mol. The molecule has 27 heavy (non-hydrogen) atoms. The summed E-state index contributed by atoms with van der Waals surface area (Å²) < 4.78 is 15.8. The predicted octanol–water partition coefficient (Wildman–Crippen LogP) is 4.11. The summed E-state index contributed by atoms with van der Waals surface area (Å²) in [6, 6.07) is 12.7. The number of carbonyl (C=O) groups excluding carboxylic acids is 1. The van der Waals surface area contributed by atoms with Gasteiger partial charge in [0.15, 0.2) is 11.5 Å². The zero-order valence-electron chi connectivity index (χ0n) is 15.6. The molecule has 3 rings (SSSR count). The molecule has 0 saturated heterocycles. The van der Waals surface area contributed by atoms with E-state index in [2.05, 4.69) is 11.8 Å². The number of amides is 1. The van der Waals surface area contributed by atoms with E-state index in [1.54, 1.807) is 38.2 Å². The van der Waals surface area contributed by atoms with Crippen LogP contribution in [0.1, 0.15) is 18.1 Å². The maximum Gasteiger partial charge on any atom is 0.415 e. The predicted molar refractivity (Wildman–Crippen MR) is 105 cm³/mol. The van der Waals surface area contributed by atoms with Gasteiger partial charge in [0.2, 0.25) is 0 Å². The lowest BCUT2D eigenvalue weighted by Gasteiger charge is -2.30. The molecule has 0 fully saturated rings. The van der Waals surface area contributed by atoms with Crippen molar-refractivity contribution in [3.63, 3.8) is 0 Å². The molecule has 0 N–H and O–H groups in total. The lowest BCUT2D eigenvalue weighted by Crippen LogP contribution is -2.41. The Balaban J connectivity index is 1.94. The van der Waals surface area contributed by atoms with Crippen molar-refractivity contribution >= 4 is 17.9 Å². The van der Waals surface area contributed by atoms with Crippen LogP contribution in [-0.4, -0.2) is 33.0 Å². The van der Waals surface area contributed by atoms with Gasteiger partial charge in [-0.15, -0.1) is 0 Å². The molecule has 1 amide bonds. The van der Waals surface area contributed by atoms with Crippen LogP contribution in [0.15, 0.2) is 48.5 Å². The minimum atomic E-state index is -0.424. The van der Waals surface area contributed by atoms with Gasteiger partial charge in [0, 0.05) is 5.56 Å². The van der Waals surface area contributed by atoms with E-state index in [9.17, 15) is 4.79 Å². The molecule has 138 valence electrons. The molecule has 0 saturated carbocycles. The summed E-state index contributed by atoms with van der Waals surface area (Å²) in [5.41, 5.74) is 2.50. The van der Waals surface area contributed by atoms with Crippen molar-refractivity contribution in [2.75, 3.05) is 25.7 Å². The van der Waals surface area contributed by atoms with Crippen molar-refractivity contribution < 1.29 is 19.0 Å². The molecule has 0 unspecified atom stereocenters. The van der Waals surface area contributed by atoms with E-state index in [0.29, 0.717) is 18.1 Å². The molecule has 0 aliphatic carbocycles. The molecule has 1 aliphatic rings. The molecular formula is C22H21NO4. The Hall–Kier alpha value is -3.39. The van der Waals surface area contributed by atoms with Gasteiger partial charge in [-0.25, -0.2) is 4.79 Å². The van der Waals surface area contributed by atoms with Gasteiger partial charge in [0.05, 0.1) is 26.5 Å².